The predicted molar refractivity (Wildman–Crippen MR) is 100 cm³/mol. The van der Waals surface area contributed by atoms with Crippen molar-refractivity contribution in [2.75, 3.05) is 19.6 Å². The predicted octanol–water partition coefficient (Wildman–Crippen LogP) is 3.34. The van der Waals surface area contributed by atoms with E-state index in [0.29, 0.717) is 0 Å². The Balaban J connectivity index is 1.23. The van der Waals surface area contributed by atoms with Crippen molar-refractivity contribution in [1.29, 1.82) is 0 Å². The van der Waals surface area contributed by atoms with Crippen molar-refractivity contribution in [3.8, 4) is 0 Å². The third-order valence-electron chi connectivity index (χ3n) is 5.59. The highest BCUT2D eigenvalue weighted by Gasteiger charge is 2.19. The largest absolute Gasteiger partial charge is 0.335 e. The van der Waals surface area contributed by atoms with Gasteiger partial charge in [0.05, 0.1) is 17.4 Å². The monoisotopic (exact) mass is 337 g/mol. The number of nitrogens with zero attached hydrogens (tertiary/aromatic N) is 5. The van der Waals surface area contributed by atoms with Crippen LogP contribution in [-0.4, -0.2) is 43.6 Å². The van der Waals surface area contributed by atoms with Crippen LogP contribution in [0.2, 0.25) is 0 Å². The highest BCUT2D eigenvalue weighted by Crippen LogP contribution is 2.21. The van der Waals surface area contributed by atoms with Gasteiger partial charge in [-0.3, -0.25) is 0 Å². The molecule has 0 atom stereocenters. The summed E-state index contributed by atoms with van der Waals surface area (Å²) in [7, 11) is 0. The molecule has 0 radical (unpaired) electrons. The van der Waals surface area contributed by atoms with Crippen LogP contribution in [-0.2, 0) is 13.1 Å². The number of imidazole rings is 2. The topological polar surface area (TPSA) is 38.9 Å². The SMILES string of the molecule is Cc1nccn1CCC1CCN(CCn2cnc3ccccc32)CC1. The minimum absolute atomic E-state index is 0.854. The van der Waals surface area contributed by atoms with Crippen LogP contribution in [0.25, 0.3) is 11.0 Å². The molecule has 0 aliphatic carbocycles. The second kappa shape index (κ2) is 7.40. The van der Waals surface area contributed by atoms with E-state index in [0.717, 1.165) is 36.9 Å². The van der Waals surface area contributed by atoms with E-state index in [-0.39, 0.29) is 0 Å². The smallest absolute Gasteiger partial charge is 0.105 e. The van der Waals surface area contributed by atoms with Gasteiger partial charge in [0, 0.05) is 32.0 Å². The molecule has 25 heavy (non-hydrogen) atoms. The molecule has 5 heteroatoms. The zero-order valence-corrected chi connectivity index (χ0v) is 15.0. The number of para-hydroxylation sites is 2. The van der Waals surface area contributed by atoms with Crippen LogP contribution >= 0.6 is 0 Å². The van der Waals surface area contributed by atoms with E-state index in [1.807, 2.05) is 12.5 Å². The van der Waals surface area contributed by atoms with Crippen molar-refractivity contribution in [3.63, 3.8) is 0 Å². The molecule has 0 N–H and O–H groups in total. The summed E-state index contributed by atoms with van der Waals surface area (Å²) in [5, 5.41) is 0. The van der Waals surface area contributed by atoms with Gasteiger partial charge in [-0.05, 0) is 57.3 Å². The fourth-order valence-corrected chi connectivity index (χ4v) is 3.90. The lowest BCUT2D eigenvalue weighted by Crippen LogP contribution is -2.36. The summed E-state index contributed by atoms with van der Waals surface area (Å²) in [4.78, 5) is 11.4. The molecule has 1 aliphatic rings. The summed E-state index contributed by atoms with van der Waals surface area (Å²) < 4.78 is 4.56. The Hall–Kier alpha value is -2.14. The lowest BCUT2D eigenvalue weighted by molar-refractivity contribution is 0.171. The van der Waals surface area contributed by atoms with Gasteiger partial charge in [-0.2, -0.15) is 0 Å². The number of benzene rings is 1. The van der Waals surface area contributed by atoms with Crippen LogP contribution < -0.4 is 0 Å². The van der Waals surface area contributed by atoms with Gasteiger partial charge in [0.15, 0.2) is 0 Å². The highest BCUT2D eigenvalue weighted by atomic mass is 15.2. The van der Waals surface area contributed by atoms with Crippen molar-refractivity contribution >= 4 is 11.0 Å². The van der Waals surface area contributed by atoms with Crippen molar-refractivity contribution in [2.45, 2.75) is 39.3 Å². The van der Waals surface area contributed by atoms with Gasteiger partial charge in [0.1, 0.15) is 5.82 Å². The number of rotatable bonds is 6. The average molecular weight is 337 g/mol. The molecule has 1 saturated heterocycles. The van der Waals surface area contributed by atoms with Gasteiger partial charge in [-0.1, -0.05) is 12.1 Å². The average Bonchev–Trinajstić information content (AvgIpc) is 3.25. The van der Waals surface area contributed by atoms with Gasteiger partial charge in [-0.25, -0.2) is 9.97 Å². The van der Waals surface area contributed by atoms with Crippen molar-refractivity contribution in [2.24, 2.45) is 5.92 Å². The summed E-state index contributed by atoms with van der Waals surface area (Å²) in [5.74, 6) is 1.98. The fourth-order valence-electron chi connectivity index (χ4n) is 3.90. The molecule has 5 nitrogen and oxygen atoms in total. The number of piperidine rings is 1. The van der Waals surface area contributed by atoms with E-state index in [1.165, 1.54) is 37.9 Å². The molecular weight excluding hydrogens is 310 g/mol. The Kier molecular flexibility index (Phi) is 4.83. The zero-order chi connectivity index (χ0) is 17.1. The third kappa shape index (κ3) is 3.76. The molecule has 1 aliphatic heterocycles. The van der Waals surface area contributed by atoms with Gasteiger partial charge < -0.3 is 14.0 Å². The maximum absolute atomic E-state index is 4.49. The summed E-state index contributed by atoms with van der Waals surface area (Å²) in [5.41, 5.74) is 2.34. The molecule has 132 valence electrons. The number of aromatic nitrogens is 4. The number of likely N-dealkylation sites (tertiary alicyclic amines) is 1. The molecule has 0 saturated carbocycles. The molecule has 3 heterocycles. The Labute approximate surface area is 149 Å². The first-order chi connectivity index (χ1) is 12.3. The molecule has 0 spiro atoms. The minimum Gasteiger partial charge on any atom is -0.335 e. The molecule has 0 unspecified atom stereocenters. The van der Waals surface area contributed by atoms with Crippen molar-refractivity contribution in [1.82, 2.24) is 24.0 Å². The van der Waals surface area contributed by atoms with Gasteiger partial charge >= 0.3 is 0 Å². The summed E-state index contributed by atoms with van der Waals surface area (Å²) >= 11 is 0. The van der Waals surface area contributed by atoms with E-state index in [2.05, 4.69) is 61.4 Å². The number of hydrogen-bond donors (Lipinski definition) is 0. The van der Waals surface area contributed by atoms with Crippen LogP contribution in [0.4, 0.5) is 0 Å². The first-order valence-corrected chi connectivity index (χ1v) is 9.39. The second-order valence-electron chi connectivity index (χ2n) is 7.17. The second-order valence-corrected chi connectivity index (χ2v) is 7.17. The Morgan fingerprint density at radius 1 is 1.00 bits per heavy atom. The highest BCUT2D eigenvalue weighted by molar-refractivity contribution is 5.74. The standard InChI is InChI=1S/C20H27N5/c1-17-21-9-13-24(17)12-8-18-6-10-23(11-7-18)14-15-25-16-22-19-4-2-3-5-20(19)25/h2-5,9,13,16,18H,6-8,10-12,14-15H2,1H3. The van der Waals surface area contributed by atoms with Gasteiger partial charge in [-0.15, -0.1) is 0 Å². The zero-order valence-electron chi connectivity index (χ0n) is 15.0. The molecule has 3 aromatic rings. The molecule has 1 aromatic carbocycles. The summed E-state index contributed by atoms with van der Waals surface area (Å²) in [6.07, 6.45) is 9.89. The normalized spacial score (nSPS) is 16.7. The fraction of sp³-hybridized carbons (Fsp3) is 0.500. The molecule has 4 rings (SSSR count). The molecule has 0 amide bonds. The lowest BCUT2D eigenvalue weighted by Gasteiger charge is -2.32. The Bertz CT molecular complexity index is 810. The van der Waals surface area contributed by atoms with Crippen LogP contribution in [0.15, 0.2) is 43.0 Å². The number of hydrogen-bond acceptors (Lipinski definition) is 3. The van der Waals surface area contributed by atoms with E-state index >= 15 is 0 Å². The van der Waals surface area contributed by atoms with Crippen LogP contribution in [0, 0.1) is 12.8 Å². The quantitative estimate of drug-likeness (QED) is 0.692. The third-order valence-corrected chi connectivity index (χ3v) is 5.59. The molecular formula is C20H27N5. The van der Waals surface area contributed by atoms with Gasteiger partial charge in [0.25, 0.3) is 0 Å². The van der Waals surface area contributed by atoms with Crippen molar-refractivity contribution in [3.05, 3.63) is 48.8 Å². The van der Waals surface area contributed by atoms with E-state index < -0.39 is 0 Å². The summed E-state index contributed by atoms with van der Waals surface area (Å²) in [6.45, 7) is 7.79. The van der Waals surface area contributed by atoms with Crippen molar-refractivity contribution < 1.29 is 0 Å². The molecule has 1 fully saturated rings. The summed E-state index contributed by atoms with van der Waals surface area (Å²) in [6, 6.07) is 8.38. The van der Waals surface area contributed by atoms with Crippen LogP contribution in [0.3, 0.4) is 0 Å². The Morgan fingerprint density at radius 3 is 2.64 bits per heavy atom. The minimum atomic E-state index is 0.854. The van der Waals surface area contributed by atoms with Crippen LogP contribution in [0.1, 0.15) is 25.1 Å². The van der Waals surface area contributed by atoms with E-state index in [9.17, 15) is 0 Å². The lowest BCUT2D eigenvalue weighted by atomic mass is 9.93. The first-order valence-electron chi connectivity index (χ1n) is 9.39. The molecule has 2 aromatic heterocycles. The van der Waals surface area contributed by atoms with Crippen LogP contribution in [0.5, 0.6) is 0 Å². The number of aryl methyl sites for hydroxylation is 2. The van der Waals surface area contributed by atoms with E-state index in [1.54, 1.807) is 0 Å². The maximum atomic E-state index is 4.49. The van der Waals surface area contributed by atoms with E-state index in [4.69, 9.17) is 0 Å². The first kappa shape index (κ1) is 16.3. The Morgan fingerprint density at radius 2 is 1.84 bits per heavy atom. The number of fused-ring (bicyclic) bond motifs is 1. The van der Waals surface area contributed by atoms with Gasteiger partial charge in [0.2, 0.25) is 0 Å². The maximum Gasteiger partial charge on any atom is 0.105 e. The molecule has 0 bridgehead atoms.